The number of rotatable bonds is 8. The normalized spacial score (nSPS) is 11.7. The van der Waals surface area contributed by atoms with Gasteiger partial charge in [-0.25, -0.2) is 17.5 Å². The minimum Gasteiger partial charge on any atom is -0.320 e. The van der Waals surface area contributed by atoms with Crippen molar-refractivity contribution >= 4 is 10.0 Å². The number of hydrogen-bond donors (Lipinski definition) is 2. The molecule has 0 bridgehead atoms. The minimum absolute atomic E-state index is 0.121. The molecule has 19 heavy (non-hydrogen) atoms. The van der Waals surface area contributed by atoms with Crippen LogP contribution in [0.4, 0.5) is 4.39 Å². The number of aryl methyl sites for hydroxylation is 1. The van der Waals surface area contributed by atoms with E-state index in [-0.39, 0.29) is 11.6 Å². The highest BCUT2D eigenvalue weighted by Gasteiger charge is 2.09. The first-order valence-electron chi connectivity index (χ1n) is 6.31. The summed E-state index contributed by atoms with van der Waals surface area (Å²) in [6.07, 6.45) is 1.15. The van der Waals surface area contributed by atoms with Gasteiger partial charge in [-0.3, -0.25) is 0 Å². The number of hydrogen-bond acceptors (Lipinski definition) is 3. The van der Waals surface area contributed by atoms with Crippen LogP contribution in [0.1, 0.15) is 17.5 Å². The molecule has 108 valence electrons. The summed E-state index contributed by atoms with van der Waals surface area (Å²) in [6.45, 7) is 2.84. The Morgan fingerprint density at radius 2 is 2.00 bits per heavy atom. The molecule has 1 rings (SSSR count). The molecule has 0 aliphatic carbocycles. The lowest BCUT2D eigenvalue weighted by atomic mass is 10.1. The Hall–Kier alpha value is -0.980. The summed E-state index contributed by atoms with van der Waals surface area (Å²) in [4.78, 5) is 0. The molecule has 0 saturated carbocycles. The van der Waals surface area contributed by atoms with Crippen LogP contribution >= 0.6 is 0 Å². The predicted octanol–water partition coefficient (Wildman–Crippen LogP) is 1.21. The van der Waals surface area contributed by atoms with Crippen LogP contribution in [0.5, 0.6) is 0 Å². The number of benzene rings is 1. The van der Waals surface area contributed by atoms with Crippen molar-refractivity contribution < 1.29 is 12.8 Å². The van der Waals surface area contributed by atoms with Gasteiger partial charge < -0.3 is 5.32 Å². The van der Waals surface area contributed by atoms with Crippen molar-refractivity contribution in [3.8, 4) is 0 Å². The molecule has 6 heteroatoms. The third-order valence-electron chi connectivity index (χ3n) is 2.86. The zero-order valence-corrected chi connectivity index (χ0v) is 12.2. The lowest BCUT2D eigenvalue weighted by molar-refractivity contribution is 0.577. The molecule has 0 amide bonds. The lowest BCUT2D eigenvalue weighted by Gasteiger charge is -2.08. The molecule has 2 N–H and O–H groups in total. The molecule has 0 saturated heterocycles. The van der Waals surface area contributed by atoms with E-state index in [0.717, 1.165) is 11.1 Å². The highest BCUT2D eigenvalue weighted by molar-refractivity contribution is 7.89. The number of nitrogens with one attached hydrogen (secondary N) is 2. The first-order chi connectivity index (χ1) is 8.94. The van der Waals surface area contributed by atoms with Crippen molar-refractivity contribution in [2.75, 3.05) is 25.9 Å². The van der Waals surface area contributed by atoms with Crippen LogP contribution in [-0.4, -0.2) is 34.3 Å². The highest BCUT2D eigenvalue weighted by Crippen LogP contribution is 2.10. The van der Waals surface area contributed by atoms with Gasteiger partial charge in [-0.05, 0) is 56.6 Å². The number of sulfonamides is 1. The van der Waals surface area contributed by atoms with Crippen LogP contribution in [0.15, 0.2) is 18.2 Å². The van der Waals surface area contributed by atoms with E-state index in [0.29, 0.717) is 25.9 Å². The Balaban J connectivity index is 2.41. The van der Waals surface area contributed by atoms with Crippen LogP contribution in [0, 0.1) is 12.7 Å². The smallest absolute Gasteiger partial charge is 0.211 e. The van der Waals surface area contributed by atoms with Crippen molar-refractivity contribution in [3.05, 3.63) is 35.1 Å². The molecule has 0 spiro atoms. The number of halogens is 1. The fraction of sp³-hybridized carbons (Fsp3) is 0.538. The molecule has 0 aliphatic rings. The zero-order valence-electron chi connectivity index (χ0n) is 11.4. The van der Waals surface area contributed by atoms with E-state index in [4.69, 9.17) is 0 Å². The monoisotopic (exact) mass is 288 g/mol. The average Bonchev–Trinajstić information content (AvgIpc) is 2.32. The summed E-state index contributed by atoms with van der Waals surface area (Å²) < 4.78 is 38.7. The molecule has 0 aliphatic heterocycles. The van der Waals surface area contributed by atoms with Crippen LogP contribution in [0.3, 0.4) is 0 Å². The van der Waals surface area contributed by atoms with Crippen molar-refractivity contribution in [1.29, 1.82) is 0 Å². The van der Waals surface area contributed by atoms with Crippen LogP contribution in [0.25, 0.3) is 0 Å². The van der Waals surface area contributed by atoms with Gasteiger partial charge in [0.15, 0.2) is 0 Å². The molecule has 1 aromatic carbocycles. The molecule has 0 fully saturated rings. The summed E-state index contributed by atoms with van der Waals surface area (Å²) in [5, 5.41) is 2.91. The maximum atomic E-state index is 12.9. The summed E-state index contributed by atoms with van der Waals surface area (Å²) >= 11 is 0. The molecular weight excluding hydrogens is 267 g/mol. The fourth-order valence-electron chi connectivity index (χ4n) is 1.79. The Morgan fingerprint density at radius 3 is 2.63 bits per heavy atom. The van der Waals surface area contributed by atoms with E-state index >= 15 is 0 Å². The second kappa shape index (κ2) is 7.57. The molecule has 1 aromatic rings. The van der Waals surface area contributed by atoms with E-state index < -0.39 is 10.0 Å². The SMILES string of the molecule is CNCCCS(=O)(=O)NCCc1ccc(F)cc1C. The van der Waals surface area contributed by atoms with Gasteiger partial charge in [0, 0.05) is 6.54 Å². The summed E-state index contributed by atoms with van der Waals surface area (Å²) in [5.74, 6) is -0.148. The van der Waals surface area contributed by atoms with E-state index in [1.54, 1.807) is 13.1 Å². The largest absolute Gasteiger partial charge is 0.320 e. The first kappa shape index (κ1) is 16.1. The maximum Gasteiger partial charge on any atom is 0.211 e. The van der Waals surface area contributed by atoms with Crippen LogP contribution in [0.2, 0.25) is 0 Å². The van der Waals surface area contributed by atoms with Crippen molar-refractivity contribution in [2.24, 2.45) is 0 Å². The van der Waals surface area contributed by atoms with Gasteiger partial charge in [-0.15, -0.1) is 0 Å². The highest BCUT2D eigenvalue weighted by atomic mass is 32.2. The van der Waals surface area contributed by atoms with Crippen LogP contribution in [-0.2, 0) is 16.4 Å². The average molecular weight is 288 g/mol. The summed E-state index contributed by atoms with van der Waals surface area (Å²) in [5.41, 5.74) is 1.80. The minimum atomic E-state index is -3.21. The molecule has 0 aromatic heterocycles. The molecule has 0 radical (unpaired) electrons. The van der Waals surface area contributed by atoms with Gasteiger partial charge in [0.25, 0.3) is 0 Å². The van der Waals surface area contributed by atoms with E-state index in [2.05, 4.69) is 10.0 Å². The lowest BCUT2D eigenvalue weighted by Crippen LogP contribution is -2.29. The predicted molar refractivity (Wildman–Crippen MR) is 75.2 cm³/mol. The van der Waals surface area contributed by atoms with Crippen molar-refractivity contribution in [3.63, 3.8) is 0 Å². The van der Waals surface area contributed by atoms with Gasteiger partial charge in [-0.2, -0.15) is 0 Å². The third kappa shape index (κ3) is 6.13. The standard InChI is InChI=1S/C13H21FN2O2S/c1-11-10-13(14)5-4-12(11)6-8-16-19(17,18)9-3-7-15-2/h4-5,10,15-16H,3,6-9H2,1-2H3. The molecular formula is C13H21FN2O2S. The molecule has 0 atom stereocenters. The van der Waals surface area contributed by atoms with E-state index in [1.165, 1.54) is 12.1 Å². The van der Waals surface area contributed by atoms with E-state index in [1.807, 2.05) is 6.92 Å². The van der Waals surface area contributed by atoms with Crippen molar-refractivity contribution in [2.45, 2.75) is 19.8 Å². The molecule has 0 heterocycles. The Kier molecular flexibility index (Phi) is 6.41. The van der Waals surface area contributed by atoms with Crippen molar-refractivity contribution in [1.82, 2.24) is 10.0 Å². The zero-order chi connectivity index (χ0) is 14.3. The Morgan fingerprint density at radius 1 is 1.26 bits per heavy atom. The summed E-state index contributed by atoms with van der Waals surface area (Å²) in [7, 11) is -1.42. The van der Waals surface area contributed by atoms with Gasteiger partial charge >= 0.3 is 0 Å². The van der Waals surface area contributed by atoms with Crippen LogP contribution < -0.4 is 10.0 Å². The van der Waals surface area contributed by atoms with Gasteiger partial charge in [0.2, 0.25) is 10.0 Å². The topological polar surface area (TPSA) is 58.2 Å². The van der Waals surface area contributed by atoms with Gasteiger partial charge in [-0.1, -0.05) is 6.07 Å². The van der Waals surface area contributed by atoms with Gasteiger partial charge in [0.1, 0.15) is 5.82 Å². The Labute approximate surface area is 114 Å². The second-order valence-electron chi connectivity index (χ2n) is 4.49. The Bertz CT molecular complexity index is 503. The molecule has 0 unspecified atom stereocenters. The third-order valence-corrected chi connectivity index (χ3v) is 4.33. The quantitative estimate of drug-likeness (QED) is 0.707. The maximum absolute atomic E-state index is 12.9. The second-order valence-corrected chi connectivity index (χ2v) is 6.42. The fourth-order valence-corrected chi connectivity index (χ4v) is 2.87. The summed E-state index contributed by atoms with van der Waals surface area (Å²) in [6, 6.07) is 4.54. The first-order valence-corrected chi connectivity index (χ1v) is 7.97. The molecule has 4 nitrogen and oxygen atoms in total. The van der Waals surface area contributed by atoms with Gasteiger partial charge in [0.05, 0.1) is 5.75 Å². The van der Waals surface area contributed by atoms with E-state index in [9.17, 15) is 12.8 Å².